The molecule has 0 spiro atoms. The molecule has 2 aromatic rings. The van der Waals surface area contributed by atoms with E-state index in [4.69, 9.17) is 0 Å². The van der Waals surface area contributed by atoms with Crippen molar-refractivity contribution >= 4 is 33.0 Å². The molecule has 0 saturated heterocycles. The first-order valence-corrected chi connectivity index (χ1v) is 11.0. The lowest BCUT2D eigenvalue weighted by molar-refractivity contribution is -0.121. The SMILES string of the molecule is CC(C)C(=O)N1CC(C)(C)c2cc(S(=O)(=O)NCc3cccs3)ccc21. The molecule has 7 heteroatoms. The number of rotatable bonds is 5. The molecule has 0 bridgehead atoms. The summed E-state index contributed by atoms with van der Waals surface area (Å²) in [5.74, 6) is -0.0455. The summed E-state index contributed by atoms with van der Waals surface area (Å²) in [6, 6.07) is 8.84. The Morgan fingerprint density at radius 2 is 2.04 bits per heavy atom. The van der Waals surface area contributed by atoms with E-state index in [-0.39, 0.29) is 28.7 Å². The molecule has 26 heavy (non-hydrogen) atoms. The lowest BCUT2D eigenvalue weighted by atomic mass is 9.87. The van der Waals surface area contributed by atoms with Crippen LogP contribution in [-0.4, -0.2) is 20.9 Å². The van der Waals surface area contributed by atoms with Crippen LogP contribution in [-0.2, 0) is 26.8 Å². The van der Waals surface area contributed by atoms with E-state index in [1.54, 1.807) is 23.1 Å². The van der Waals surface area contributed by atoms with E-state index in [0.717, 1.165) is 16.1 Å². The van der Waals surface area contributed by atoms with Gasteiger partial charge in [-0.25, -0.2) is 13.1 Å². The molecule has 0 aliphatic carbocycles. The van der Waals surface area contributed by atoms with Crippen LogP contribution in [0.25, 0.3) is 0 Å². The Morgan fingerprint density at radius 1 is 1.31 bits per heavy atom. The van der Waals surface area contributed by atoms with E-state index in [1.807, 2.05) is 45.2 Å². The van der Waals surface area contributed by atoms with E-state index in [0.29, 0.717) is 6.54 Å². The van der Waals surface area contributed by atoms with Gasteiger partial charge in [-0.15, -0.1) is 11.3 Å². The van der Waals surface area contributed by atoms with Crippen LogP contribution in [0.3, 0.4) is 0 Å². The molecule has 5 nitrogen and oxygen atoms in total. The van der Waals surface area contributed by atoms with Gasteiger partial charge in [0.2, 0.25) is 15.9 Å². The van der Waals surface area contributed by atoms with Crippen molar-refractivity contribution in [2.24, 2.45) is 5.92 Å². The maximum Gasteiger partial charge on any atom is 0.240 e. The molecular formula is C19H24N2O3S2. The van der Waals surface area contributed by atoms with Crippen molar-refractivity contribution in [3.63, 3.8) is 0 Å². The van der Waals surface area contributed by atoms with Crippen LogP contribution in [0.5, 0.6) is 0 Å². The third kappa shape index (κ3) is 3.56. The first-order chi connectivity index (χ1) is 12.1. The lowest BCUT2D eigenvalue weighted by Crippen LogP contribution is -2.36. The van der Waals surface area contributed by atoms with Crippen LogP contribution in [0.1, 0.15) is 38.1 Å². The molecule has 0 radical (unpaired) electrons. The topological polar surface area (TPSA) is 66.5 Å². The van der Waals surface area contributed by atoms with Crippen molar-refractivity contribution in [1.82, 2.24) is 4.72 Å². The zero-order valence-electron chi connectivity index (χ0n) is 15.4. The first-order valence-electron chi connectivity index (χ1n) is 8.60. The van der Waals surface area contributed by atoms with Crippen molar-refractivity contribution in [1.29, 1.82) is 0 Å². The average Bonchev–Trinajstić information content (AvgIpc) is 3.18. The zero-order valence-corrected chi connectivity index (χ0v) is 17.1. The number of thiophene rings is 1. The second kappa shape index (κ2) is 6.79. The van der Waals surface area contributed by atoms with E-state index >= 15 is 0 Å². The quantitative estimate of drug-likeness (QED) is 0.847. The fraction of sp³-hybridized carbons (Fsp3) is 0.421. The van der Waals surface area contributed by atoms with Gasteiger partial charge in [-0.3, -0.25) is 4.79 Å². The van der Waals surface area contributed by atoms with Gasteiger partial charge in [0.15, 0.2) is 0 Å². The van der Waals surface area contributed by atoms with Crippen LogP contribution < -0.4 is 9.62 Å². The number of nitrogens with zero attached hydrogens (tertiary/aromatic N) is 1. The predicted octanol–water partition coefficient (Wildman–Crippen LogP) is 3.51. The molecule has 1 aliphatic heterocycles. The Labute approximate surface area is 159 Å². The van der Waals surface area contributed by atoms with Crippen LogP contribution in [0.4, 0.5) is 5.69 Å². The summed E-state index contributed by atoms with van der Waals surface area (Å²) in [4.78, 5) is 15.5. The van der Waals surface area contributed by atoms with Gasteiger partial charge in [0.05, 0.1) is 4.90 Å². The number of benzene rings is 1. The maximum atomic E-state index is 12.7. The minimum absolute atomic E-state index is 0.0586. The van der Waals surface area contributed by atoms with Gasteiger partial charge in [0.25, 0.3) is 0 Å². The number of anilines is 1. The highest BCUT2D eigenvalue weighted by Crippen LogP contribution is 2.42. The molecule has 0 unspecified atom stereocenters. The van der Waals surface area contributed by atoms with Gasteiger partial charge in [-0.2, -0.15) is 0 Å². The summed E-state index contributed by atoms with van der Waals surface area (Å²) in [6.07, 6.45) is 0. The van der Waals surface area contributed by atoms with Gasteiger partial charge in [0, 0.05) is 35.0 Å². The van der Waals surface area contributed by atoms with Crippen molar-refractivity contribution in [3.8, 4) is 0 Å². The largest absolute Gasteiger partial charge is 0.311 e. The molecule has 3 rings (SSSR count). The highest BCUT2D eigenvalue weighted by molar-refractivity contribution is 7.89. The molecule has 0 fully saturated rings. The van der Waals surface area contributed by atoms with E-state index in [2.05, 4.69) is 4.72 Å². The molecule has 1 amide bonds. The van der Waals surface area contributed by atoms with Gasteiger partial charge >= 0.3 is 0 Å². The number of hydrogen-bond acceptors (Lipinski definition) is 4. The summed E-state index contributed by atoms with van der Waals surface area (Å²) in [5, 5.41) is 1.92. The number of sulfonamides is 1. The van der Waals surface area contributed by atoms with Crippen LogP contribution >= 0.6 is 11.3 Å². The van der Waals surface area contributed by atoms with E-state index in [1.165, 1.54) is 11.3 Å². The Hall–Kier alpha value is -1.70. The minimum Gasteiger partial charge on any atom is -0.311 e. The summed E-state index contributed by atoms with van der Waals surface area (Å²) < 4.78 is 28.0. The molecular weight excluding hydrogens is 368 g/mol. The molecule has 1 aromatic carbocycles. The Balaban J connectivity index is 1.91. The molecule has 1 aromatic heterocycles. The van der Waals surface area contributed by atoms with Crippen LogP contribution in [0, 0.1) is 5.92 Å². The second-order valence-electron chi connectivity index (χ2n) is 7.55. The third-order valence-corrected chi connectivity index (χ3v) is 6.90. The molecule has 1 N–H and O–H groups in total. The summed E-state index contributed by atoms with van der Waals surface area (Å²) in [7, 11) is -3.61. The van der Waals surface area contributed by atoms with Crippen molar-refractivity contribution < 1.29 is 13.2 Å². The number of amides is 1. The van der Waals surface area contributed by atoms with Crippen molar-refractivity contribution in [3.05, 3.63) is 46.2 Å². The Bertz CT molecular complexity index is 916. The minimum atomic E-state index is -3.61. The molecule has 2 heterocycles. The third-order valence-electron chi connectivity index (χ3n) is 4.63. The Kier molecular flexibility index (Phi) is 4.98. The second-order valence-corrected chi connectivity index (χ2v) is 10.3. The van der Waals surface area contributed by atoms with Gasteiger partial charge in [0.1, 0.15) is 0 Å². The zero-order chi connectivity index (χ0) is 19.1. The highest BCUT2D eigenvalue weighted by Gasteiger charge is 2.39. The summed E-state index contributed by atoms with van der Waals surface area (Å²) >= 11 is 1.51. The fourth-order valence-electron chi connectivity index (χ4n) is 3.20. The summed E-state index contributed by atoms with van der Waals surface area (Å²) in [6.45, 7) is 8.66. The first kappa shape index (κ1) is 19.1. The van der Waals surface area contributed by atoms with Crippen LogP contribution in [0.15, 0.2) is 40.6 Å². The predicted molar refractivity (Wildman–Crippen MR) is 105 cm³/mol. The molecule has 140 valence electrons. The molecule has 1 aliphatic rings. The highest BCUT2D eigenvalue weighted by atomic mass is 32.2. The van der Waals surface area contributed by atoms with Gasteiger partial charge < -0.3 is 4.90 Å². The van der Waals surface area contributed by atoms with Crippen molar-refractivity contribution in [2.45, 2.75) is 44.6 Å². The number of fused-ring (bicyclic) bond motifs is 1. The van der Waals surface area contributed by atoms with E-state index < -0.39 is 10.0 Å². The normalized spacial score (nSPS) is 16.1. The number of carbonyl (C=O) groups excluding carboxylic acids is 1. The number of carbonyl (C=O) groups is 1. The smallest absolute Gasteiger partial charge is 0.240 e. The standard InChI is InChI=1S/C19H24N2O3S2/c1-13(2)18(22)21-12-19(3,4)16-10-15(7-8-17(16)21)26(23,24)20-11-14-6-5-9-25-14/h5-10,13,20H,11-12H2,1-4H3. The van der Waals surface area contributed by atoms with Gasteiger partial charge in [-0.1, -0.05) is 33.8 Å². The maximum absolute atomic E-state index is 12.7. The Morgan fingerprint density at radius 3 is 2.65 bits per heavy atom. The molecule has 0 saturated carbocycles. The fourth-order valence-corrected chi connectivity index (χ4v) is 4.96. The van der Waals surface area contributed by atoms with Crippen LogP contribution in [0.2, 0.25) is 0 Å². The number of hydrogen-bond donors (Lipinski definition) is 1. The van der Waals surface area contributed by atoms with Gasteiger partial charge in [-0.05, 0) is 35.2 Å². The lowest BCUT2D eigenvalue weighted by Gasteiger charge is -2.22. The monoisotopic (exact) mass is 392 g/mol. The van der Waals surface area contributed by atoms with Crippen molar-refractivity contribution in [2.75, 3.05) is 11.4 Å². The van der Waals surface area contributed by atoms with E-state index in [9.17, 15) is 13.2 Å². The molecule has 0 atom stereocenters. The average molecular weight is 393 g/mol. The number of nitrogens with one attached hydrogen (secondary N) is 1. The summed E-state index contributed by atoms with van der Waals surface area (Å²) in [5.41, 5.74) is 1.41.